The summed E-state index contributed by atoms with van der Waals surface area (Å²) in [7, 11) is 0. The molecule has 5 nitrogen and oxygen atoms in total. The van der Waals surface area contributed by atoms with Crippen LogP contribution in [-0.4, -0.2) is 23.5 Å². The molecule has 0 aromatic heterocycles. The molecular weight excluding hydrogens is 196 g/mol. The van der Waals surface area contributed by atoms with Gasteiger partial charge in [-0.05, 0) is 12.1 Å². The Balaban J connectivity index is 2.54. The smallest absolute Gasteiger partial charge is 0.255 e. The third-order valence-electron chi connectivity index (χ3n) is 1.81. The molecule has 0 saturated heterocycles. The number of hydrogen-bond acceptors (Lipinski definition) is 3. The van der Waals surface area contributed by atoms with Gasteiger partial charge in [0.1, 0.15) is 5.75 Å². The molecule has 0 aliphatic rings. The van der Waals surface area contributed by atoms with E-state index in [0.29, 0.717) is 0 Å². The molecule has 80 valence electrons. The predicted octanol–water partition coefficient (Wildman–Crippen LogP) is -0.00260. The highest BCUT2D eigenvalue weighted by Gasteiger charge is 2.09. The Labute approximate surface area is 86.9 Å². The summed E-state index contributed by atoms with van der Waals surface area (Å²) >= 11 is 0. The first-order valence-electron chi connectivity index (χ1n) is 4.45. The van der Waals surface area contributed by atoms with Crippen molar-refractivity contribution in [2.45, 2.75) is 6.42 Å². The highest BCUT2D eigenvalue weighted by Crippen LogP contribution is 2.14. The van der Waals surface area contributed by atoms with Gasteiger partial charge in [-0.2, -0.15) is 0 Å². The van der Waals surface area contributed by atoms with Gasteiger partial charge in [0, 0.05) is 13.0 Å². The van der Waals surface area contributed by atoms with Crippen molar-refractivity contribution in [3.05, 3.63) is 29.8 Å². The molecule has 1 aromatic carbocycles. The highest BCUT2D eigenvalue weighted by molar-refractivity contribution is 5.96. The van der Waals surface area contributed by atoms with Crippen LogP contribution in [0.25, 0.3) is 0 Å². The number of phenolic OH excluding ortho intramolecular Hbond substituents is 1. The van der Waals surface area contributed by atoms with Gasteiger partial charge in [-0.15, -0.1) is 0 Å². The number of phenols is 1. The van der Waals surface area contributed by atoms with E-state index < -0.39 is 11.8 Å². The number of nitrogens with two attached hydrogens (primary N) is 1. The number of carbonyl (C=O) groups excluding carboxylic acids is 2. The van der Waals surface area contributed by atoms with Crippen molar-refractivity contribution in [3.63, 3.8) is 0 Å². The predicted molar refractivity (Wildman–Crippen MR) is 54.3 cm³/mol. The SMILES string of the molecule is NC(=O)CCNC(=O)c1ccccc1O. The quantitative estimate of drug-likeness (QED) is 0.650. The van der Waals surface area contributed by atoms with E-state index in [1.165, 1.54) is 12.1 Å². The molecular formula is C10H12N2O3. The molecule has 0 unspecified atom stereocenters. The van der Waals surface area contributed by atoms with Gasteiger partial charge in [-0.3, -0.25) is 9.59 Å². The summed E-state index contributed by atoms with van der Waals surface area (Å²) in [5.74, 6) is -0.990. The lowest BCUT2D eigenvalue weighted by Crippen LogP contribution is -2.27. The second-order valence-electron chi connectivity index (χ2n) is 2.99. The van der Waals surface area contributed by atoms with Crippen LogP contribution in [0.4, 0.5) is 0 Å². The maximum atomic E-state index is 11.4. The van der Waals surface area contributed by atoms with Gasteiger partial charge in [-0.25, -0.2) is 0 Å². The number of para-hydroxylation sites is 1. The third kappa shape index (κ3) is 3.30. The molecule has 0 spiro atoms. The highest BCUT2D eigenvalue weighted by atomic mass is 16.3. The molecule has 0 bridgehead atoms. The van der Waals surface area contributed by atoms with Crippen LogP contribution < -0.4 is 11.1 Å². The number of aromatic hydroxyl groups is 1. The van der Waals surface area contributed by atoms with Crippen molar-refractivity contribution < 1.29 is 14.7 Å². The Kier molecular flexibility index (Phi) is 3.68. The number of carbonyl (C=O) groups is 2. The summed E-state index contributed by atoms with van der Waals surface area (Å²) in [4.78, 5) is 21.8. The summed E-state index contributed by atoms with van der Waals surface area (Å²) in [5.41, 5.74) is 5.09. The third-order valence-corrected chi connectivity index (χ3v) is 1.81. The number of benzene rings is 1. The van der Waals surface area contributed by atoms with Gasteiger partial charge in [0.05, 0.1) is 5.56 Å². The van der Waals surface area contributed by atoms with Crippen molar-refractivity contribution in [2.75, 3.05) is 6.54 Å². The number of primary amides is 1. The molecule has 4 N–H and O–H groups in total. The minimum atomic E-state index is -0.479. The zero-order valence-electron chi connectivity index (χ0n) is 8.06. The summed E-state index contributed by atoms with van der Waals surface area (Å²) in [6, 6.07) is 6.18. The molecule has 1 rings (SSSR count). The number of amides is 2. The van der Waals surface area contributed by atoms with Crippen molar-refractivity contribution in [1.82, 2.24) is 5.32 Å². The number of nitrogens with one attached hydrogen (secondary N) is 1. The maximum Gasteiger partial charge on any atom is 0.255 e. The molecule has 0 fully saturated rings. The van der Waals surface area contributed by atoms with Crippen molar-refractivity contribution >= 4 is 11.8 Å². The zero-order valence-corrected chi connectivity index (χ0v) is 8.06. The van der Waals surface area contributed by atoms with Gasteiger partial charge in [-0.1, -0.05) is 12.1 Å². The molecule has 2 amide bonds. The molecule has 0 aliphatic heterocycles. The average Bonchev–Trinajstić information content (AvgIpc) is 2.17. The maximum absolute atomic E-state index is 11.4. The minimum absolute atomic E-state index is 0.0827. The zero-order chi connectivity index (χ0) is 11.3. The first-order valence-corrected chi connectivity index (χ1v) is 4.45. The standard InChI is InChI=1S/C10H12N2O3/c11-9(14)5-6-12-10(15)7-3-1-2-4-8(7)13/h1-4,13H,5-6H2,(H2,11,14)(H,12,15). The molecule has 0 atom stereocenters. The van der Waals surface area contributed by atoms with E-state index in [9.17, 15) is 14.7 Å². The normalized spacial score (nSPS) is 9.60. The van der Waals surface area contributed by atoms with Crippen LogP contribution >= 0.6 is 0 Å². The first kappa shape index (κ1) is 11.0. The Bertz CT molecular complexity index is 377. The van der Waals surface area contributed by atoms with E-state index in [0.717, 1.165) is 0 Å². The van der Waals surface area contributed by atoms with Gasteiger partial charge in [0.25, 0.3) is 5.91 Å². The Morgan fingerprint density at radius 3 is 2.60 bits per heavy atom. The van der Waals surface area contributed by atoms with Crippen LogP contribution in [0.15, 0.2) is 24.3 Å². The second kappa shape index (κ2) is 4.99. The van der Waals surface area contributed by atoms with Gasteiger partial charge >= 0.3 is 0 Å². The van der Waals surface area contributed by atoms with Crippen LogP contribution in [0.5, 0.6) is 5.75 Å². The summed E-state index contributed by atoms with van der Waals surface area (Å²) in [6.45, 7) is 0.169. The largest absolute Gasteiger partial charge is 0.507 e. The van der Waals surface area contributed by atoms with Crippen molar-refractivity contribution in [3.8, 4) is 5.75 Å². The Morgan fingerprint density at radius 1 is 1.33 bits per heavy atom. The molecule has 15 heavy (non-hydrogen) atoms. The molecule has 0 saturated carbocycles. The topological polar surface area (TPSA) is 92.4 Å². The summed E-state index contributed by atoms with van der Waals surface area (Å²) in [6.07, 6.45) is 0.0827. The molecule has 0 heterocycles. The van der Waals surface area contributed by atoms with Crippen LogP contribution in [0, 0.1) is 0 Å². The van der Waals surface area contributed by atoms with Gasteiger partial charge < -0.3 is 16.2 Å². The van der Waals surface area contributed by atoms with E-state index in [1.54, 1.807) is 12.1 Å². The second-order valence-corrected chi connectivity index (χ2v) is 2.99. The fourth-order valence-electron chi connectivity index (χ4n) is 1.06. The lowest BCUT2D eigenvalue weighted by atomic mass is 10.2. The van der Waals surface area contributed by atoms with Gasteiger partial charge in [0.2, 0.25) is 5.91 Å². The lowest BCUT2D eigenvalue weighted by molar-refractivity contribution is -0.117. The van der Waals surface area contributed by atoms with E-state index in [-0.39, 0.29) is 24.3 Å². The fraction of sp³-hybridized carbons (Fsp3) is 0.200. The number of hydrogen-bond donors (Lipinski definition) is 3. The van der Waals surface area contributed by atoms with Crippen LogP contribution in [0.3, 0.4) is 0 Å². The van der Waals surface area contributed by atoms with Crippen molar-refractivity contribution in [2.24, 2.45) is 5.73 Å². The molecule has 0 aliphatic carbocycles. The lowest BCUT2D eigenvalue weighted by Gasteiger charge is -2.04. The Morgan fingerprint density at radius 2 is 2.00 bits per heavy atom. The first-order chi connectivity index (χ1) is 7.11. The molecule has 1 aromatic rings. The van der Waals surface area contributed by atoms with Crippen LogP contribution in [0.1, 0.15) is 16.8 Å². The van der Waals surface area contributed by atoms with E-state index in [4.69, 9.17) is 5.73 Å². The van der Waals surface area contributed by atoms with Crippen LogP contribution in [0.2, 0.25) is 0 Å². The monoisotopic (exact) mass is 208 g/mol. The van der Waals surface area contributed by atoms with Gasteiger partial charge in [0.15, 0.2) is 0 Å². The fourth-order valence-corrected chi connectivity index (χ4v) is 1.06. The van der Waals surface area contributed by atoms with E-state index >= 15 is 0 Å². The summed E-state index contributed by atoms with van der Waals surface area (Å²) in [5, 5.41) is 11.8. The Hall–Kier alpha value is -2.04. The molecule has 5 heteroatoms. The molecule has 0 radical (unpaired) electrons. The average molecular weight is 208 g/mol. The summed E-state index contributed by atoms with van der Waals surface area (Å²) < 4.78 is 0. The van der Waals surface area contributed by atoms with E-state index in [1.807, 2.05) is 0 Å². The number of rotatable bonds is 4. The van der Waals surface area contributed by atoms with Crippen molar-refractivity contribution in [1.29, 1.82) is 0 Å². The minimum Gasteiger partial charge on any atom is -0.507 e. The van der Waals surface area contributed by atoms with E-state index in [2.05, 4.69) is 5.32 Å². The van der Waals surface area contributed by atoms with Crippen LogP contribution in [-0.2, 0) is 4.79 Å².